The molecule has 23 heavy (non-hydrogen) atoms. The van der Waals surface area contributed by atoms with E-state index in [9.17, 15) is 9.90 Å². The van der Waals surface area contributed by atoms with Gasteiger partial charge in [-0.3, -0.25) is 4.79 Å². The van der Waals surface area contributed by atoms with E-state index in [1.165, 1.54) is 10.8 Å². The fourth-order valence-electron chi connectivity index (χ4n) is 3.35. The van der Waals surface area contributed by atoms with Gasteiger partial charge in [-0.15, -0.1) is 0 Å². The lowest BCUT2D eigenvalue weighted by molar-refractivity contribution is -0.139. The van der Waals surface area contributed by atoms with Crippen LogP contribution in [0.25, 0.3) is 10.8 Å². The molecule has 2 aromatic rings. The number of hydrogen-bond donors (Lipinski definition) is 2. The molecular formula is C19H24N2O2. The number of nitrogens with two attached hydrogens (primary N) is 1. The van der Waals surface area contributed by atoms with Gasteiger partial charge in [0.25, 0.3) is 0 Å². The Morgan fingerprint density at radius 3 is 2.57 bits per heavy atom. The van der Waals surface area contributed by atoms with Gasteiger partial charge in [0.1, 0.15) is 0 Å². The first kappa shape index (κ1) is 16.0. The van der Waals surface area contributed by atoms with E-state index in [-0.39, 0.29) is 11.8 Å². The minimum absolute atomic E-state index is 0.0598. The fraction of sp³-hybridized carbons (Fsp3) is 0.421. The van der Waals surface area contributed by atoms with Gasteiger partial charge in [0.2, 0.25) is 5.91 Å². The Morgan fingerprint density at radius 1 is 1.22 bits per heavy atom. The number of aliphatic hydroxyl groups is 1. The summed E-state index contributed by atoms with van der Waals surface area (Å²) in [5, 5.41) is 12.9. The van der Waals surface area contributed by atoms with Crippen molar-refractivity contribution in [3.63, 3.8) is 0 Å². The normalized spacial score (nSPS) is 22.3. The van der Waals surface area contributed by atoms with Gasteiger partial charge < -0.3 is 15.7 Å². The minimum atomic E-state index is -0.893. The summed E-state index contributed by atoms with van der Waals surface area (Å²) in [6.07, 6.45) is 0.192. The highest BCUT2D eigenvalue weighted by Crippen LogP contribution is 2.31. The Labute approximate surface area is 136 Å². The highest BCUT2D eigenvalue weighted by atomic mass is 16.3. The van der Waals surface area contributed by atoms with Gasteiger partial charge in [-0.05, 0) is 36.6 Å². The van der Waals surface area contributed by atoms with Crippen LogP contribution in [0.3, 0.4) is 0 Å². The smallest absolute Gasteiger partial charge is 0.242 e. The van der Waals surface area contributed by atoms with Crippen molar-refractivity contribution in [3.8, 4) is 0 Å². The molecule has 1 heterocycles. The van der Waals surface area contributed by atoms with Crippen LogP contribution in [0.15, 0.2) is 42.5 Å². The Kier molecular flexibility index (Phi) is 4.13. The van der Waals surface area contributed by atoms with Crippen molar-refractivity contribution < 1.29 is 9.90 Å². The van der Waals surface area contributed by atoms with Crippen LogP contribution in [0, 0.1) is 0 Å². The number of fused-ring (bicyclic) bond motifs is 1. The number of rotatable bonds is 2. The maximum Gasteiger partial charge on any atom is 0.242 e. The van der Waals surface area contributed by atoms with E-state index in [1.807, 2.05) is 12.1 Å². The number of aliphatic hydroxyl groups excluding tert-OH is 1. The van der Waals surface area contributed by atoms with Gasteiger partial charge in [-0.2, -0.15) is 0 Å². The fourth-order valence-corrected chi connectivity index (χ4v) is 3.35. The van der Waals surface area contributed by atoms with Gasteiger partial charge in [0, 0.05) is 19.0 Å². The monoisotopic (exact) mass is 312 g/mol. The maximum absolute atomic E-state index is 12.3. The van der Waals surface area contributed by atoms with E-state index in [0.29, 0.717) is 13.1 Å². The number of benzene rings is 2. The molecule has 2 atom stereocenters. The molecule has 122 valence electrons. The largest absolute Gasteiger partial charge is 0.391 e. The molecule has 4 heteroatoms. The van der Waals surface area contributed by atoms with Gasteiger partial charge in [-0.25, -0.2) is 0 Å². The summed E-state index contributed by atoms with van der Waals surface area (Å²) in [5.41, 5.74) is 6.13. The standard InChI is InChI=1S/C19H24N2O2/c1-19(2,20)18(23)21-10-9-16(17(22)12-21)15-8-7-13-5-3-4-6-14(13)11-15/h3-8,11,16-17,22H,9-10,12,20H2,1-2H3/t16-,17+/m0/s1. The number of hydrogen-bond acceptors (Lipinski definition) is 3. The van der Waals surface area contributed by atoms with Crippen LogP contribution in [0.2, 0.25) is 0 Å². The lowest BCUT2D eigenvalue weighted by Gasteiger charge is -2.38. The average molecular weight is 312 g/mol. The van der Waals surface area contributed by atoms with Crippen LogP contribution in [0.1, 0.15) is 31.7 Å². The molecule has 1 fully saturated rings. The molecular weight excluding hydrogens is 288 g/mol. The second-order valence-electron chi connectivity index (χ2n) is 7.04. The van der Waals surface area contributed by atoms with Crippen LogP contribution in [0.4, 0.5) is 0 Å². The van der Waals surface area contributed by atoms with Crippen molar-refractivity contribution in [3.05, 3.63) is 48.0 Å². The average Bonchev–Trinajstić information content (AvgIpc) is 2.52. The van der Waals surface area contributed by atoms with Crippen molar-refractivity contribution in [1.82, 2.24) is 4.90 Å². The molecule has 2 aromatic carbocycles. The number of carbonyl (C=O) groups excluding carboxylic acids is 1. The first-order valence-corrected chi connectivity index (χ1v) is 8.11. The zero-order valence-corrected chi connectivity index (χ0v) is 13.7. The molecule has 0 saturated carbocycles. The molecule has 4 nitrogen and oxygen atoms in total. The molecule has 0 unspecified atom stereocenters. The van der Waals surface area contributed by atoms with Crippen molar-refractivity contribution >= 4 is 16.7 Å². The number of carbonyl (C=O) groups is 1. The number of amides is 1. The van der Waals surface area contributed by atoms with Crippen molar-refractivity contribution in [2.75, 3.05) is 13.1 Å². The van der Waals surface area contributed by atoms with Gasteiger partial charge in [-0.1, -0.05) is 42.5 Å². The van der Waals surface area contributed by atoms with E-state index in [4.69, 9.17) is 5.73 Å². The summed E-state index contributed by atoms with van der Waals surface area (Å²) in [6, 6.07) is 14.5. The van der Waals surface area contributed by atoms with Crippen LogP contribution >= 0.6 is 0 Å². The first-order valence-electron chi connectivity index (χ1n) is 8.11. The number of β-amino-alcohol motifs (C(OH)–C–C–N with tert-alkyl or cyclic N) is 1. The molecule has 1 aliphatic rings. The lowest BCUT2D eigenvalue weighted by Crippen LogP contribution is -2.55. The maximum atomic E-state index is 12.3. The van der Waals surface area contributed by atoms with Crippen LogP contribution < -0.4 is 5.73 Å². The zero-order valence-electron chi connectivity index (χ0n) is 13.7. The van der Waals surface area contributed by atoms with Gasteiger partial charge in [0.15, 0.2) is 0 Å². The lowest BCUT2D eigenvalue weighted by atomic mass is 9.85. The second-order valence-corrected chi connectivity index (χ2v) is 7.04. The number of nitrogens with zero attached hydrogens (tertiary/aromatic N) is 1. The van der Waals surface area contributed by atoms with E-state index in [2.05, 4.69) is 30.3 Å². The molecule has 0 bridgehead atoms. The van der Waals surface area contributed by atoms with Crippen LogP contribution in [-0.4, -0.2) is 40.6 Å². The van der Waals surface area contributed by atoms with Crippen molar-refractivity contribution in [1.29, 1.82) is 0 Å². The van der Waals surface area contributed by atoms with Crippen molar-refractivity contribution in [2.24, 2.45) is 5.73 Å². The third-order valence-electron chi connectivity index (χ3n) is 4.62. The van der Waals surface area contributed by atoms with Gasteiger partial charge in [0.05, 0.1) is 11.6 Å². The predicted octanol–water partition coefficient (Wildman–Crippen LogP) is 2.25. The Bertz CT molecular complexity index is 721. The molecule has 0 aromatic heterocycles. The van der Waals surface area contributed by atoms with E-state index in [1.54, 1.807) is 18.7 Å². The Hall–Kier alpha value is -1.91. The molecule has 1 aliphatic heterocycles. The number of piperidine rings is 1. The molecule has 1 amide bonds. The summed E-state index contributed by atoms with van der Waals surface area (Å²) < 4.78 is 0. The van der Waals surface area contributed by atoms with Crippen LogP contribution in [0.5, 0.6) is 0 Å². The summed E-state index contributed by atoms with van der Waals surface area (Å²) in [4.78, 5) is 14.0. The number of likely N-dealkylation sites (tertiary alicyclic amines) is 1. The third-order valence-corrected chi connectivity index (χ3v) is 4.62. The minimum Gasteiger partial charge on any atom is -0.391 e. The molecule has 3 N–H and O–H groups in total. The van der Waals surface area contributed by atoms with E-state index < -0.39 is 11.6 Å². The Morgan fingerprint density at radius 2 is 1.91 bits per heavy atom. The molecule has 1 saturated heterocycles. The molecule has 0 spiro atoms. The van der Waals surface area contributed by atoms with Crippen molar-refractivity contribution in [2.45, 2.75) is 37.8 Å². The van der Waals surface area contributed by atoms with E-state index in [0.717, 1.165) is 12.0 Å². The SMILES string of the molecule is CC(C)(N)C(=O)N1CC[C@@H](c2ccc3ccccc3c2)[C@H](O)C1. The zero-order chi connectivity index (χ0) is 16.6. The molecule has 3 rings (SSSR count). The summed E-state index contributed by atoms with van der Waals surface area (Å²) in [6.45, 7) is 4.39. The summed E-state index contributed by atoms with van der Waals surface area (Å²) in [7, 11) is 0. The van der Waals surface area contributed by atoms with Crippen LogP contribution in [-0.2, 0) is 4.79 Å². The van der Waals surface area contributed by atoms with Gasteiger partial charge >= 0.3 is 0 Å². The predicted molar refractivity (Wildman–Crippen MR) is 92.2 cm³/mol. The first-order chi connectivity index (χ1) is 10.9. The molecule has 0 aliphatic carbocycles. The highest BCUT2D eigenvalue weighted by molar-refractivity contribution is 5.85. The van der Waals surface area contributed by atoms with E-state index >= 15 is 0 Å². The summed E-state index contributed by atoms with van der Waals surface area (Å²) >= 11 is 0. The second kappa shape index (κ2) is 5.95. The third kappa shape index (κ3) is 3.23. The molecule has 0 radical (unpaired) electrons. The Balaban J connectivity index is 1.78. The highest BCUT2D eigenvalue weighted by Gasteiger charge is 2.35. The quantitative estimate of drug-likeness (QED) is 0.894. The topological polar surface area (TPSA) is 66.6 Å². The summed E-state index contributed by atoms with van der Waals surface area (Å²) in [5.74, 6) is -0.0435.